The average molecular weight is 159 g/mol. The average Bonchev–Trinajstić information content (AvgIpc) is 2.29. The van der Waals surface area contributed by atoms with E-state index in [-0.39, 0.29) is 0 Å². The van der Waals surface area contributed by atoms with Gasteiger partial charge in [0, 0.05) is 6.21 Å². The van der Waals surface area contributed by atoms with E-state index in [1.165, 1.54) is 5.56 Å². The van der Waals surface area contributed by atoms with Gasteiger partial charge in [-0.05, 0) is 11.1 Å². The number of fused-ring (bicyclic) bond motifs is 1. The van der Waals surface area contributed by atoms with E-state index in [2.05, 4.69) is 9.98 Å². The molecule has 3 heteroatoms. The van der Waals surface area contributed by atoms with E-state index in [1.807, 2.05) is 24.3 Å². The summed E-state index contributed by atoms with van der Waals surface area (Å²) in [5.74, 6) is 0.353. The van der Waals surface area contributed by atoms with Crippen LogP contribution in [0.1, 0.15) is 11.1 Å². The summed E-state index contributed by atoms with van der Waals surface area (Å²) in [5, 5.41) is 0. The van der Waals surface area contributed by atoms with Crippen LogP contribution >= 0.6 is 0 Å². The van der Waals surface area contributed by atoms with Gasteiger partial charge < -0.3 is 5.73 Å². The summed E-state index contributed by atoms with van der Waals surface area (Å²) in [6, 6.07) is 8.01. The van der Waals surface area contributed by atoms with Crippen LogP contribution in [0.4, 0.5) is 0 Å². The second kappa shape index (κ2) is 2.77. The molecule has 1 aromatic rings. The molecule has 0 aliphatic carbocycles. The Bertz CT molecular complexity index is 353. The minimum Gasteiger partial charge on any atom is -0.368 e. The summed E-state index contributed by atoms with van der Waals surface area (Å²) in [6.45, 7) is 0.627. The lowest BCUT2D eigenvalue weighted by atomic mass is 10.1. The van der Waals surface area contributed by atoms with Crippen LogP contribution in [-0.4, -0.2) is 12.2 Å². The second-order valence-electron chi connectivity index (χ2n) is 2.63. The van der Waals surface area contributed by atoms with Crippen molar-refractivity contribution in [2.75, 3.05) is 0 Å². The van der Waals surface area contributed by atoms with Gasteiger partial charge in [-0.15, -0.1) is 0 Å². The monoisotopic (exact) mass is 159 g/mol. The fourth-order valence-corrected chi connectivity index (χ4v) is 1.15. The Kier molecular flexibility index (Phi) is 1.63. The van der Waals surface area contributed by atoms with Gasteiger partial charge in [0.1, 0.15) is 0 Å². The smallest absolute Gasteiger partial charge is 0.215 e. The molecule has 3 nitrogen and oxygen atoms in total. The largest absolute Gasteiger partial charge is 0.368 e. The van der Waals surface area contributed by atoms with Gasteiger partial charge in [0.25, 0.3) is 0 Å². The fraction of sp³-hybridized carbons (Fsp3) is 0.111. The van der Waals surface area contributed by atoms with Crippen LogP contribution in [0.15, 0.2) is 34.3 Å². The van der Waals surface area contributed by atoms with E-state index in [1.54, 1.807) is 6.21 Å². The number of rotatable bonds is 0. The Morgan fingerprint density at radius 2 is 2.08 bits per heavy atom. The number of benzene rings is 1. The van der Waals surface area contributed by atoms with E-state index in [0.717, 1.165) is 5.56 Å². The molecule has 0 bridgehead atoms. The van der Waals surface area contributed by atoms with Crippen molar-refractivity contribution in [3.05, 3.63) is 35.4 Å². The van der Waals surface area contributed by atoms with Crippen LogP contribution in [0.5, 0.6) is 0 Å². The predicted octanol–water partition coefficient (Wildman–Crippen LogP) is 0.934. The number of hydrogen-bond donors (Lipinski definition) is 1. The topological polar surface area (TPSA) is 50.7 Å². The van der Waals surface area contributed by atoms with Crippen molar-refractivity contribution < 1.29 is 0 Å². The summed E-state index contributed by atoms with van der Waals surface area (Å²) in [6.07, 6.45) is 1.75. The molecule has 0 unspecified atom stereocenters. The first kappa shape index (κ1) is 7.03. The van der Waals surface area contributed by atoms with E-state index in [4.69, 9.17) is 5.73 Å². The quantitative estimate of drug-likeness (QED) is 0.601. The van der Waals surface area contributed by atoms with Crippen molar-refractivity contribution in [3.63, 3.8) is 0 Å². The van der Waals surface area contributed by atoms with Gasteiger partial charge in [-0.3, -0.25) is 0 Å². The zero-order chi connectivity index (χ0) is 8.39. The molecular formula is C9H9N3. The van der Waals surface area contributed by atoms with Gasteiger partial charge >= 0.3 is 0 Å². The molecule has 1 aromatic carbocycles. The van der Waals surface area contributed by atoms with E-state index >= 15 is 0 Å². The normalized spacial score (nSPS) is 14.8. The van der Waals surface area contributed by atoms with Crippen molar-refractivity contribution in [2.45, 2.75) is 6.54 Å². The molecule has 0 saturated heterocycles. The first-order valence-corrected chi connectivity index (χ1v) is 3.78. The Morgan fingerprint density at radius 3 is 3.00 bits per heavy atom. The molecule has 0 amide bonds. The molecule has 1 aliphatic heterocycles. The van der Waals surface area contributed by atoms with Gasteiger partial charge in [-0.2, -0.15) is 0 Å². The van der Waals surface area contributed by atoms with Gasteiger partial charge in [0.15, 0.2) is 0 Å². The van der Waals surface area contributed by atoms with Gasteiger partial charge in [-0.1, -0.05) is 24.3 Å². The SMILES string of the molecule is NC1=NCc2ccccc2C=N1. The molecule has 0 saturated carbocycles. The number of nitrogens with two attached hydrogens (primary N) is 1. The molecule has 1 aliphatic rings. The lowest BCUT2D eigenvalue weighted by Crippen LogP contribution is -2.06. The van der Waals surface area contributed by atoms with Crippen LogP contribution < -0.4 is 5.73 Å². The highest BCUT2D eigenvalue weighted by atomic mass is 15.0. The number of nitrogens with zero attached hydrogens (tertiary/aromatic N) is 2. The number of guanidine groups is 1. The maximum Gasteiger partial charge on any atom is 0.215 e. The molecule has 2 rings (SSSR count). The molecule has 0 spiro atoms. The van der Waals surface area contributed by atoms with Crippen molar-refractivity contribution >= 4 is 12.2 Å². The molecule has 0 atom stereocenters. The Hall–Kier alpha value is -1.64. The summed E-state index contributed by atoms with van der Waals surface area (Å²) in [5.41, 5.74) is 7.73. The number of hydrogen-bond acceptors (Lipinski definition) is 3. The number of aliphatic imine (C=N–C) groups is 2. The highest BCUT2D eigenvalue weighted by Crippen LogP contribution is 2.09. The molecule has 60 valence electrons. The fourth-order valence-electron chi connectivity index (χ4n) is 1.15. The second-order valence-corrected chi connectivity index (χ2v) is 2.63. The lowest BCUT2D eigenvalue weighted by Gasteiger charge is -1.97. The molecule has 1 heterocycles. The highest BCUT2D eigenvalue weighted by molar-refractivity contribution is 5.94. The third-order valence-corrected chi connectivity index (χ3v) is 1.80. The molecular weight excluding hydrogens is 150 g/mol. The van der Waals surface area contributed by atoms with Gasteiger partial charge in [0.2, 0.25) is 5.96 Å². The van der Waals surface area contributed by atoms with Crippen LogP contribution in [-0.2, 0) is 6.54 Å². The summed E-state index contributed by atoms with van der Waals surface area (Å²) >= 11 is 0. The molecule has 0 fully saturated rings. The molecule has 12 heavy (non-hydrogen) atoms. The molecule has 0 radical (unpaired) electrons. The van der Waals surface area contributed by atoms with Gasteiger partial charge in [0.05, 0.1) is 6.54 Å². The molecule has 0 aromatic heterocycles. The van der Waals surface area contributed by atoms with Crippen molar-refractivity contribution in [3.8, 4) is 0 Å². The van der Waals surface area contributed by atoms with Gasteiger partial charge in [-0.25, -0.2) is 9.98 Å². The van der Waals surface area contributed by atoms with Crippen molar-refractivity contribution in [2.24, 2.45) is 15.7 Å². The van der Waals surface area contributed by atoms with Crippen LogP contribution in [0.3, 0.4) is 0 Å². The standard InChI is InChI=1S/C9H9N3/c10-9-11-5-7-3-1-2-4-8(7)6-12-9/h1-5H,6H2,(H2,10,12). The maximum absolute atomic E-state index is 5.47. The Labute approximate surface area is 70.7 Å². The predicted molar refractivity (Wildman–Crippen MR) is 49.4 cm³/mol. The zero-order valence-electron chi connectivity index (χ0n) is 6.57. The van der Waals surface area contributed by atoms with Crippen LogP contribution in [0.25, 0.3) is 0 Å². The first-order chi connectivity index (χ1) is 5.86. The Balaban J connectivity index is 2.48. The molecule has 2 N–H and O–H groups in total. The summed E-state index contributed by atoms with van der Waals surface area (Å²) in [4.78, 5) is 8.03. The van der Waals surface area contributed by atoms with E-state index < -0.39 is 0 Å². The zero-order valence-corrected chi connectivity index (χ0v) is 6.57. The first-order valence-electron chi connectivity index (χ1n) is 3.78. The highest BCUT2D eigenvalue weighted by Gasteiger charge is 2.01. The van der Waals surface area contributed by atoms with Crippen LogP contribution in [0, 0.1) is 0 Å². The van der Waals surface area contributed by atoms with E-state index in [9.17, 15) is 0 Å². The minimum absolute atomic E-state index is 0.353. The third kappa shape index (κ3) is 1.21. The summed E-state index contributed by atoms with van der Waals surface area (Å²) < 4.78 is 0. The van der Waals surface area contributed by atoms with Crippen molar-refractivity contribution in [1.82, 2.24) is 0 Å². The van der Waals surface area contributed by atoms with E-state index in [0.29, 0.717) is 12.5 Å². The summed E-state index contributed by atoms with van der Waals surface area (Å²) in [7, 11) is 0. The Morgan fingerprint density at radius 1 is 1.25 bits per heavy atom. The van der Waals surface area contributed by atoms with Crippen molar-refractivity contribution in [1.29, 1.82) is 0 Å². The van der Waals surface area contributed by atoms with Crippen LogP contribution in [0.2, 0.25) is 0 Å². The lowest BCUT2D eigenvalue weighted by molar-refractivity contribution is 1.06. The third-order valence-electron chi connectivity index (χ3n) is 1.80. The minimum atomic E-state index is 0.353. The maximum atomic E-state index is 5.47.